The van der Waals surface area contributed by atoms with Gasteiger partial charge in [0.2, 0.25) is 0 Å². The molecule has 92 valence electrons. The average Bonchev–Trinajstić information content (AvgIpc) is 2.14. The fourth-order valence-corrected chi connectivity index (χ4v) is 1.33. The Morgan fingerprint density at radius 3 is 2.47 bits per heavy atom. The third-order valence-electron chi connectivity index (χ3n) is 1.78. The van der Waals surface area contributed by atoms with Gasteiger partial charge in [0.1, 0.15) is 11.2 Å². The SMILES string of the molecule is CC(C)(C)OC(=O)c1ccc(Cl)cc1[N+](=O)[O-]. The summed E-state index contributed by atoms with van der Waals surface area (Å²) in [6, 6.07) is 3.82. The summed E-state index contributed by atoms with van der Waals surface area (Å²) in [6.45, 7) is 5.06. The van der Waals surface area contributed by atoms with Crippen LogP contribution >= 0.6 is 11.6 Å². The number of nitro benzene ring substituents is 1. The molecule has 0 atom stereocenters. The van der Waals surface area contributed by atoms with Crippen LogP contribution in [0, 0.1) is 10.1 Å². The van der Waals surface area contributed by atoms with E-state index in [4.69, 9.17) is 16.3 Å². The smallest absolute Gasteiger partial charge is 0.345 e. The molecule has 0 spiro atoms. The number of hydrogen-bond donors (Lipinski definition) is 0. The van der Waals surface area contributed by atoms with Gasteiger partial charge in [-0.15, -0.1) is 0 Å². The summed E-state index contributed by atoms with van der Waals surface area (Å²) in [5.41, 5.74) is -1.16. The number of nitro groups is 1. The van der Waals surface area contributed by atoms with E-state index >= 15 is 0 Å². The lowest BCUT2D eigenvalue weighted by Crippen LogP contribution is -2.24. The molecule has 0 radical (unpaired) electrons. The predicted molar refractivity (Wildman–Crippen MR) is 63.3 cm³/mol. The van der Waals surface area contributed by atoms with Crippen LogP contribution in [0.25, 0.3) is 0 Å². The van der Waals surface area contributed by atoms with Gasteiger partial charge < -0.3 is 4.74 Å². The van der Waals surface area contributed by atoms with Crippen LogP contribution in [0.2, 0.25) is 5.02 Å². The first kappa shape index (κ1) is 13.4. The Balaban J connectivity index is 3.14. The van der Waals surface area contributed by atoms with Gasteiger partial charge in [-0.2, -0.15) is 0 Å². The van der Waals surface area contributed by atoms with Gasteiger partial charge in [0.05, 0.1) is 4.92 Å². The van der Waals surface area contributed by atoms with Crippen molar-refractivity contribution in [1.29, 1.82) is 0 Å². The van der Waals surface area contributed by atoms with Crippen LogP contribution in [0.1, 0.15) is 31.1 Å². The lowest BCUT2D eigenvalue weighted by Gasteiger charge is -2.19. The molecule has 5 nitrogen and oxygen atoms in total. The Morgan fingerprint density at radius 2 is 2.00 bits per heavy atom. The number of hydrogen-bond acceptors (Lipinski definition) is 4. The second-order valence-electron chi connectivity index (χ2n) is 4.42. The molecule has 0 saturated carbocycles. The summed E-state index contributed by atoms with van der Waals surface area (Å²) in [7, 11) is 0. The Labute approximate surface area is 103 Å². The molecule has 17 heavy (non-hydrogen) atoms. The van der Waals surface area contributed by atoms with E-state index < -0.39 is 16.5 Å². The molecular weight excluding hydrogens is 246 g/mol. The van der Waals surface area contributed by atoms with E-state index in [0.717, 1.165) is 6.07 Å². The number of ether oxygens (including phenoxy) is 1. The van der Waals surface area contributed by atoms with E-state index in [2.05, 4.69) is 0 Å². The number of esters is 1. The molecule has 0 aliphatic carbocycles. The molecule has 0 aliphatic rings. The predicted octanol–water partition coefficient (Wildman–Crippen LogP) is 3.20. The molecule has 1 aromatic carbocycles. The lowest BCUT2D eigenvalue weighted by atomic mass is 10.1. The molecule has 1 rings (SSSR count). The monoisotopic (exact) mass is 257 g/mol. The Hall–Kier alpha value is -1.62. The molecule has 0 N–H and O–H groups in total. The van der Waals surface area contributed by atoms with Gasteiger partial charge in [-0.1, -0.05) is 11.6 Å². The average molecular weight is 258 g/mol. The zero-order valence-electron chi connectivity index (χ0n) is 9.69. The van der Waals surface area contributed by atoms with Crippen LogP contribution in [0.4, 0.5) is 5.69 Å². The van der Waals surface area contributed by atoms with Gasteiger partial charge in [-0.3, -0.25) is 10.1 Å². The minimum atomic E-state index is -0.735. The zero-order chi connectivity index (χ0) is 13.2. The van der Waals surface area contributed by atoms with Crippen LogP contribution in [-0.2, 0) is 4.74 Å². The molecule has 0 saturated heterocycles. The standard InChI is InChI=1S/C11H12ClNO4/c1-11(2,3)17-10(14)8-5-4-7(12)6-9(8)13(15)16/h4-6H,1-3H3. The maximum atomic E-state index is 11.7. The van der Waals surface area contributed by atoms with Crippen molar-refractivity contribution >= 4 is 23.3 Å². The first-order chi connectivity index (χ1) is 7.70. The van der Waals surface area contributed by atoms with Crippen LogP contribution in [0.15, 0.2) is 18.2 Å². The maximum absolute atomic E-state index is 11.7. The highest BCUT2D eigenvalue weighted by atomic mass is 35.5. The normalized spacial score (nSPS) is 11.1. The number of benzene rings is 1. The van der Waals surface area contributed by atoms with Crippen molar-refractivity contribution in [2.24, 2.45) is 0 Å². The van der Waals surface area contributed by atoms with Gasteiger partial charge >= 0.3 is 5.97 Å². The van der Waals surface area contributed by atoms with E-state index in [-0.39, 0.29) is 16.3 Å². The highest BCUT2D eigenvalue weighted by Crippen LogP contribution is 2.25. The quantitative estimate of drug-likeness (QED) is 0.463. The highest BCUT2D eigenvalue weighted by Gasteiger charge is 2.25. The van der Waals surface area contributed by atoms with Gasteiger partial charge in [-0.05, 0) is 32.9 Å². The third kappa shape index (κ3) is 3.71. The minimum Gasteiger partial charge on any atom is -0.456 e. The minimum absolute atomic E-state index is 0.102. The summed E-state index contributed by atoms with van der Waals surface area (Å²) in [5.74, 6) is -0.735. The number of rotatable bonds is 2. The summed E-state index contributed by atoms with van der Waals surface area (Å²) >= 11 is 5.64. The van der Waals surface area contributed by atoms with Crippen molar-refractivity contribution < 1.29 is 14.5 Å². The number of carbonyl (C=O) groups excluding carboxylic acids is 1. The summed E-state index contributed by atoms with van der Waals surface area (Å²) < 4.78 is 5.07. The van der Waals surface area contributed by atoms with Crippen LogP contribution < -0.4 is 0 Å². The molecule has 0 unspecified atom stereocenters. The number of nitrogens with zero attached hydrogens (tertiary/aromatic N) is 1. The van der Waals surface area contributed by atoms with Crippen molar-refractivity contribution in [3.05, 3.63) is 38.9 Å². The molecule has 0 bridgehead atoms. The Morgan fingerprint density at radius 1 is 1.41 bits per heavy atom. The van der Waals surface area contributed by atoms with E-state index in [1.165, 1.54) is 12.1 Å². The van der Waals surface area contributed by atoms with Gasteiger partial charge in [-0.25, -0.2) is 4.79 Å². The molecule has 0 heterocycles. The fourth-order valence-electron chi connectivity index (χ4n) is 1.16. The lowest BCUT2D eigenvalue weighted by molar-refractivity contribution is -0.385. The Kier molecular flexibility index (Phi) is 3.72. The van der Waals surface area contributed by atoms with Gasteiger partial charge in [0.25, 0.3) is 5.69 Å². The van der Waals surface area contributed by atoms with Crippen molar-refractivity contribution in [1.82, 2.24) is 0 Å². The van der Waals surface area contributed by atoms with Gasteiger partial charge in [0, 0.05) is 11.1 Å². The zero-order valence-corrected chi connectivity index (χ0v) is 10.4. The van der Waals surface area contributed by atoms with Gasteiger partial charge in [0.15, 0.2) is 0 Å². The summed E-state index contributed by atoms with van der Waals surface area (Å²) in [6.07, 6.45) is 0. The Bertz CT molecular complexity index is 465. The first-order valence-electron chi connectivity index (χ1n) is 4.88. The van der Waals surface area contributed by atoms with Crippen molar-refractivity contribution in [3.8, 4) is 0 Å². The molecule has 6 heteroatoms. The molecule has 0 aliphatic heterocycles. The van der Waals surface area contributed by atoms with Crippen LogP contribution in [-0.4, -0.2) is 16.5 Å². The van der Waals surface area contributed by atoms with Crippen molar-refractivity contribution in [2.45, 2.75) is 26.4 Å². The second-order valence-corrected chi connectivity index (χ2v) is 4.86. The summed E-state index contributed by atoms with van der Waals surface area (Å²) in [4.78, 5) is 21.8. The fraction of sp³-hybridized carbons (Fsp3) is 0.364. The molecule has 0 amide bonds. The topological polar surface area (TPSA) is 69.4 Å². The van der Waals surface area contributed by atoms with E-state index in [1.807, 2.05) is 0 Å². The highest BCUT2D eigenvalue weighted by molar-refractivity contribution is 6.31. The number of carbonyl (C=O) groups is 1. The summed E-state index contributed by atoms with van der Waals surface area (Å²) in [5, 5.41) is 11.0. The van der Waals surface area contributed by atoms with E-state index in [1.54, 1.807) is 20.8 Å². The third-order valence-corrected chi connectivity index (χ3v) is 2.01. The van der Waals surface area contributed by atoms with Crippen molar-refractivity contribution in [3.63, 3.8) is 0 Å². The van der Waals surface area contributed by atoms with Crippen LogP contribution in [0.5, 0.6) is 0 Å². The van der Waals surface area contributed by atoms with E-state index in [9.17, 15) is 14.9 Å². The van der Waals surface area contributed by atoms with Crippen molar-refractivity contribution in [2.75, 3.05) is 0 Å². The number of halogens is 1. The maximum Gasteiger partial charge on any atom is 0.345 e. The molecule has 1 aromatic rings. The molecule has 0 aromatic heterocycles. The van der Waals surface area contributed by atoms with E-state index in [0.29, 0.717) is 0 Å². The first-order valence-corrected chi connectivity index (χ1v) is 5.26. The largest absolute Gasteiger partial charge is 0.456 e. The molecule has 0 fully saturated rings. The second kappa shape index (κ2) is 4.71. The van der Waals surface area contributed by atoms with Crippen LogP contribution in [0.3, 0.4) is 0 Å². The molecular formula is C11H12ClNO4.